The van der Waals surface area contributed by atoms with Gasteiger partial charge in [0.05, 0.1) is 12.8 Å². The van der Waals surface area contributed by atoms with Crippen molar-refractivity contribution in [3.63, 3.8) is 0 Å². The molecule has 0 amide bonds. The molecular formula is C19H19NO4. The molecule has 24 heavy (non-hydrogen) atoms. The second kappa shape index (κ2) is 7.17. The van der Waals surface area contributed by atoms with Crippen LogP contribution in [0.5, 0.6) is 11.5 Å². The summed E-state index contributed by atoms with van der Waals surface area (Å²) in [7, 11) is 1.61. The van der Waals surface area contributed by atoms with Crippen molar-refractivity contribution >= 4 is 12.0 Å². The fourth-order valence-corrected chi connectivity index (χ4v) is 2.60. The van der Waals surface area contributed by atoms with Crippen LogP contribution in [-0.4, -0.2) is 24.2 Å². The van der Waals surface area contributed by atoms with Gasteiger partial charge in [0, 0.05) is 29.8 Å². The molecule has 3 rings (SSSR count). The number of methoxy groups -OCH3 is 1. The quantitative estimate of drug-likeness (QED) is 0.624. The molecule has 0 radical (unpaired) electrons. The largest absolute Gasteiger partial charge is 0.496 e. The topological polar surface area (TPSA) is 57.7 Å². The van der Waals surface area contributed by atoms with E-state index in [0.29, 0.717) is 11.4 Å². The zero-order valence-corrected chi connectivity index (χ0v) is 13.7. The van der Waals surface area contributed by atoms with Gasteiger partial charge in [0.2, 0.25) is 0 Å². The van der Waals surface area contributed by atoms with Crippen LogP contribution in [0.1, 0.15) is 23.7 Å². The van der Waals surface area contributed by atoms with Gasteiger partial charge in [-0.1, -0.05) is 6.07 Å². The third-order valence-electron chi connectivity index (χ3n) is 3.74. The number of rotatable bonds is 5. The highest BCUT2D eigenvalue weighted by molar-refractivity contribution is 5.87. The Hall–Kier alpha value is -2.82. The zero-order valence-electron chi connectivity index (χ0n) is 13.7. The minimum absolute atomic E-state index is 0.145. The van der Waals surface area contributed by atoms with Crippen molar-refractivity contribution in [1.29, 1.82) is 0 Å². The molecule has 0 spiro atoms. The first-order valence-corrected chi connectivity index (χ1v) is 7.78. The van der Waals surface area contributed by atoms with Crippen LogP contribution in [0, 0.1) is 0 Å². The molecule has 124 valence electrons. The molecule has 0 saturated heterocycles. The van der Waals surface area contributed by atoms with E-state index in [1.54, 1.807) is 25.4 Å². The summed E-state index contributed by atoms with van der Waals surface area (Å²) in [6.45, 7) is 2.17. The lowest BCUT2D eigenvalue weighted by atomic mass is 10.1. The number of nitrogens with zero attached hydrogens (tertiary/aromatic N) is 1. The predicted molar refractivity (Wildman–Crippen MR) is 89.9 cm³/mol. The van der Waals surface area contributed by atoms with E-state index < -0.39 is 5.97 Å². The molecular weight excluding hydrogens is 306 g/mol. The summed E-state index contributed by atoms with van der Waals surface area (Å²) in [5, 5.41) is 0. The molecule has 0 unspecified atom stereocenters. The minimum Gasteiger partial charge on any atom is -0.496 e. The molecule has 0 N–H and O–H groups in total. The van der Waals surface area contributed by atoms with Gasteiger partial charge in [-0.3, -0.25) is 4.98 Å². The molecule has 2 aromatic rings. The Morgan fingerprint density at radius 3 is 3.04 bits per heavy atom. The highest BCUT2D eigenvalue weighted by Gasteiger charge is 2.21. The van der Waals surface area contributed by atoms with Gasteiger partial charge in [-0.15, -0.1) is 0 Å². The van der Waals surface area contributed by atoms with Crippen LogP contribution in [0.25, 0.3) is 6.08 Å². The molecule has 0 fully saturated rings. The van der Waals surface area contributed by atoms with Crippen molar-refractivity contribution in [2.75, 3.05) is 7.11 Å². The third kappa shape index (κ3) is 3.74. The van der Waals surface area contributed by atoms with Crippen molar-refractivity contribution < 1.29 is 19.0 Å². The molecule has 5 nitrogen and oxygen atoms in total. The van der Waals surface area contributed by atoms with E-state index in [1.807, 2.05) is 31.2 Å². The van der Waals surface area contributed by atoms with Gasteiger partial charge in [0.25, 0.3) is 0 Å². The number of carbonyl (C=O) groups is 1. The van der Waals surface area contributed by atoms with Crippen molar-refractivity contribution in [3.05, 3.63) is 59.4 Å². The summed E-state index contributed by atoms with van der Waals surface area (Å²) >= 11 is 0. The van der Waals surface area contributed by atoms with Gasteiger partial charge in [-0.05, 0) is 37.3 Å². The number of aromatic nitrogens is 1. The number of hydrogen-bond acceptors (Lipinski definition) is 5. The van der Waals surface area contributed by atoms with Crippen LogP contribution in [-0.2, 0) is 22.6 Å². The summed E-state index contributed by atoms with van der Waals surface area (Å²) in [6.07, 6.45) is 5.74. The molecule has 1 aromatic heterocycles. The standard InChI is InChI=1S/C19H19NO4/c1-13-9-15-11-17(22-2)14(10-18(15)24-13)6-7-19(21)23-12-16-5-3-4-8-20-16/h3-8,10-11,13H,9,12H2,1-2H3/b7-6+/t13-/m1/s1. The fraction of sp³-hybridized carbons (Fsp3) is 0.263. The molecule has 0 aliphatic carbocycles. The summed E-state index contributed by atoms with van der Waals surface area (Å²) in [5.74, 6) is 1.11. The lowest BCUT2D eigenvalue weighted by molar-refractivity contribution is -0.139. The van der Waals surface area contributed by atoms with E-state index in [9.17, 15) is 4.79 Å². The number of benzene rings is 1. The van der Waals surface area contributed by atoms with E-state index in [-0.39, 0.29) is 12.7 Å². The lowest BCUT2D eigenvalue weighted by Gasteiger charge is -2.08. The van der Waals surface area contributed by atoms with Crippen molar-refractivity contribution in [1.82, 2.24) is 4.98 Å². The van der Waals surface area contributed by atoms with Gasteiger partial charge in [0.1, 0.15) is 24.2 Å². The van der Waals surface area contributed by atoms with Crippen LogP contribution >= 0.6 is 0 Å². The summed E-state index contributed by atoms with van der Waals surface area (Å²) in [5.41, 5.74) is 2.60. The SMILES string of the molecule is COc1cc2c(cc1/C=C/C(=O)OCc1ccccn1)O[C@H](C)C2. The Morgan fingerprint density at radius 1 is 1.42 bits per heavy atom. The Bertz CT molecular complexity index is 755. The first kappa shape index (κ1) is 16.1. The average Bonchev–Trinajstić information content (AvgIpc) is 2.97. The van der Waals surface area contributed by atoms with Crippen molar-refractivity contribution in [2.45, 2.75) is 26.1 Å². The molecule has 1 aliphatic rings. The van der Waals surface area contributed by atoms with Crippen molar-refractivity contribution in [3.8, 4) is 11.5 Å². The van der Waals surface area contributed by atoms with Crippen molar-refractivity contribution in [2.24, 2.45) is 0 Å². The number of esters is 1. The average molecular weight is 325 g/mol. The predicted octanol–water partition coefficient (Wildman–Crippen LogP) is 3.17. The Morgan fingerprint density at radius 2 is 2.29 bits per heavy atom. The molecule has 0 bridgehead atoms. The van der Waals surface area contributed by atoms with Gasteiger partial charge in [-0.25, -0.2) is 4.79 Å². The van der Waals surface area contributed by atoms with E-state index >= 15 is 0 Å². The molecule has 5 heteroatoms. The third-order valence-corrected chi connectivity index (χ3v) is 3.74. The number of hydrogen-bond donors (Lipinski definition) is 0. The first-order valence-electron chi connectivity index (χ1n) is 7.78. The van der Waals surface area contributed by atoms with Crippen LogP contribution in [0.15, 0.2) is 42.6 Å². The Kier molecular flexibility index (Phi) is 4.79. The number of ether oxygens (including phenoxy) is 3. The zero-order chi connectivity index (χ0) is 16.9. The first-order chi connectivity index (χ1) is 11.7. The van der Waals surface area contributed by atoms with E-state index in [0.717, 1.165) is 23.3 Å². The second-order valence-corrected chi connectivity index (χ2v) is 5.60. The number of pyridine rings is 1. The molecule has 1 atom stereocenters. The molecule has 0 saturated carbocycles. The summed E-state index contributed by atoms with van der Waals surface area (Å²) < 4.78 is 16.3. The van der Waals surface area contributed by atoms with Gasteiger partial charge in [0.15, 0.2) is 0 Å². The van der Waals surface area contributed by atoms with Crippen LogP contribution in [0.2, 0.25) is 0 Å². The van der Waals surface area contributed by atoms with E-state index in [4.69, 9.17) is 14.2 Å². The Balaban J connectivity index is 1.67. The highest BCUT2D eigenvalue weighted by atomic mass is 16.5. The van der Waals surface area contributed by atoms with Gasteiger partial charge < -0.3 is 14.2 Å². The van der Waals surface area contributed by atoms with E-state index in [1.165, 1.54) is 6.08 Å². The summed E-state index contributed by atoms with van der Waals surface area (Å²) in [6, 6.07) is 9.31. The minimum atomic E-state index is -0.433. The Labute approximate surface area is 140 Å². The maximum Gasteiger partial charge on any atom is 0.331 e. The summed E-state index contributed by atoms with van der Waals surface area (Å²) in [4.78, 5) is 16.0. The lowest BCUT2D eigenvalue weighted by Crippen LogP contribution is -2.05. The van der Waals surface area contributed by atoms with Crippen LogP contribution in [0.4, 0.5) is 0 Å². The highest BCUT2D eigenvalue weighted by Crippen LogP contribution is 2.35. The maximum atomic E-state index is 11.9. The molecule has 1 aromatic carbocycles. The van der Waals surface area contributed by atoms with Gasteiger partial charge in [-0.2, -0.15) is 0 Å². The fourth-order valence-electron chi connectivity index (χ4n) is 2.60. The number of fused-ring (bicyclic) bond motifs is 1. The van der Waals surface area contributed by atoms with Crippen LogP contribution in [0.3, 0.4) is 0 Å². The van der Waals surface area contributed by atoms with Crippen LogP contribution < -0.4 is 9.47 Å². The second-order valence-electron chi connectivity index (χ2n) is 5.60. The normalized spacial score (nSPS) is 15.8. The smallest absolute Gasteiger partial charge is 0.331 e. The van der Waals surface area contributed by atoms with Gasteiger partial charge >= 0.3 is 5.97 Å². The van der Waals surface area contributed by atoms with E-state index in [2.05, 4.69) is 4.98 Å². The molecule has 2 heterocycles. The molecule has 1 aliphatic heterocycles. The monoisotopic (exact) mass is 325 g/mol. The maximum absolute atomic E-state index is 11.9. The number of carbonyl (C=O) groups excluding carboxylic acids is 1.